The first-order valence-electron chi connectivity index (χ1n) is 12.7. The minimum Gasteiger partial charge on any atom is -0.354 e. The Hall–Kier alpha value is -2.63. The van der Waals surface area contributed by atoms with E-state index in [-0.39, 0.29) is 18.9 Å². The Labute approximate surface area is 249 Å². The van der Waals surface area contributed by atoms with E-state index < -0.39 is 28.5 Å². The number of rotatable bonds is 13. The Morgan fingerprint density at radius 1 is 0.949 bits per heavy atom. The van der Waals surface area contributed by atoms with Crippen LogP contribution in [0.2, 0.25) is 5.02 Å². The molecule has 0 radical (unpaired) electrons. The summed E-state index contributed by atoms with van der Waals surface area (Å²) in [6.07, 6.45) is 3.07. The van der Waals surface area contributed by atoms with Gasteiger partial charge in [-0.3, -0.25) is 13.9 Å². The molecule has 208 valence electrons. The van der Waals surface area contributed by atoms with Crippen LogP contribution in [-0.4, -0.2) is 50.5 Å². The van der Waals surface area contributed by atoms with E-state index in [0.717, 1.165) is 38.1 Å². The van der Waals surface area contributed by atoms with Crippen molar-refractivity contribution < 1.29 is 18.0 Å². The Kier molecular flexibility index (Phi) is 11.6. The molecule has 1 N–H and O–H groups in total. The largest absolute Gasteiger partial charge is 0.354 e. The van der Waals surface area contributed by atoms with E-state index in [1.165, 1.54) is 4.90 Å². The van der Waals surface area contributed by atoms with Gasteiger partial charge in [-0.05, 0) is 76.5 Å². The van der Waals surface area contributed by atoms with E-state index in [9.17, 15) is 18.0 Å². The van der Waals surface area contributed by atoms with Crippen molar-refractivity contribution in [2.75, 3.05) is 23.7 Å². The van der Waals surface area contributed by atoms with Gasteiger partial charge in [-0.1, -0.05) is 67.4 Å². The number of hydrogen-bond acceptors (Lipinski definition) is 4. The molecule has 0 bridgehead atoms. The van der Waals surface area contributed by atoms with Gasteiger partial charge in [-0.2, -0.15) is 0 Å². The fraction of sp³-hybridized carbons (Fsp3) is 0.310. The smallest absolute Gasteiger partial charge is 0.244 e. The van der Waals surface area contributed by atoms with Gasteiger partial charge in [0, 0.05) is 28.1 Å². The molecule has 0 aliphatic rings. The van der Waals surface area contributed by atoms with Crippen LogP contribution in [0.4, 0.5) is 5.69 Å². The molecule has 2 amide bonds. The SMILES string of the molecule is CCCCNC(=O)[C@@H](Cc1ccccc1)N(Cc1ccc(Cl)cc1)C(=O)CN(c1ccc(I)cc1)S(C)(=O)=O. The van der Waals surface area contributed by atoms with Gasteiger partial charge in [-0.15, -0.1) is 0 Å². The summed E-state index contributed by atoms with van der Waals surface area (Å²) in [7, 11) is -3.79. The van der Waals surface area contributed by atoms with E-state index in [4.69, 9.17) is 11.6 Å². The number of carbonyl (C=O) groups excluding carboxylic acids is 2. The lowest BCUT2D eigenvalue weighted by molar-refractivity contribution is -0.140. The van der Waals surface area contributed by atoms with Crippen LogP contribution >= 0.6 is 34.2 Å². The summed E-state index contributed by atoms with van der Waals surface area (Å²) in [6.45, 7) is 2.19. The third kappa shape index (κ3) is 9.51. The molecule has 0 spiro atoms. The molecule has 0 fully saturated rings. The van der Waals surface area contributed by atoms with Crippen molar-refractivity contribution in [1.29, 1.82) is 0 Å². The van der Waals surface area contributed by atoms with Gasteiger partial charge in [-0.25, -0.2) is 8.42 Å². The lowest BCUT2D eigenvalue weighted by atomic mass is 10.0. The predicted molar refractivity (Wildman–Crippen MR) is 165 cm³/mol. The molecular formula is C29H33ClIN3O4S. The fourth-order valence-electron chi connectivity index (χ4n) is 4.07. The first-order chi connectivity index (χ1) is 18.6. The fourth-order valence-corrected chi connectivity index (χ4v) is 5.40. The topological polar surface area (TPSA) is 86.8 Å². The molecule has 0 saturated carbocycles. The number of amides is 2. The Morgan fingerprint density at radius 2 is 1.59 bits per heavy atom. The van der Waals surface area contributed by atoms with Crippen LogP contribution < -0.4 is 9.62 Å². The molecular weight excluding hydrogens is 649 g/mol. The van der Waals surface area contributed by atoms with Crippen molar-refractivity contribution in [3.05, 3.63) is 98.6 Å². The molecule has 0 aliphatic heterocycles. The maximum Gasteiger partial charge on any atom is 0.244 e. The summed E-state index contributed by atoms with van der Waals surface area (Å²) in [4.78, 5) is 29.0. The van der Waals surface area contributed by atoms with Gasteiger partial charge in [0.25, 0.3) is 0 Å². The second-order valence-corrected chi connectivity index (χ2v) is 12.8. The van der Waals surface area contributed by atoms with Gasteiger partial charge < -0.3 is 10.2 Å². The Balaban J connectivity index is 2.01. The van der Waals surface area contributed by atoms with Crippen molar-refractivity contribution in [2.24, 2.45) is 0 Å². The molecule has 3 aromatic rings. The van der Waals surface area contributed by atoms with Crippen molar-refractivity contribution in [2.45, 2.75) is 38.8 Å². The van der Waals surface area contributed by atoms with Crippen molar-refractivity contribution in [1.82, 2.24) is 10.2 Å². The van der Waals surface area contributed by atoms with Crippen LogP contribution in [0.25, 0.3) is 0 Å². The van der Waals surface area contributed by atoms with Crippen LogP contribution in [0.15, 0.2) is 78.9 Å². The number of sulfonamides is 1. The van der Waals surface area contributed by atoms with Gasteiger partial charge >= 0.3 is 0 Å². The van der Waals surface area contributed by atoms with Crippen LogP contribution in [0.1, 0.15) is 30.9 Å². The molecule has 39 heavy (non-hydrogen) atoms. The molecule has 0 unspecified atom stereocenters. The number of anilines is 1. The average Bonchev–Trinajstić information content (AvgIpc) is 2.91. The maximum atomic E-state index is 14.0. The quantitative estimate of drug-likeness (QED) is 0.197. The molecule has 0 aliphatic carbocycles. The van der Waals surface area contributed by atoms with Gasteiger partial charge in [0.15, 0.2) is 0 Å². The van der Waals surface area contributed by atoms with Crippen LogP contribution in [-0.2, 0) is 32.6 Å². The standard InChI is InChI=1S/C29H33ClIN3O4S/c1-3-4-18-32-29(36)27(19-22-8-6-5-7-9-22)33(20-23-10-12-24(30)13-11-23)28(35)21-34(39(2,37)38)26-16-14-25(31)15-17-26/h5-17,27H,3-4,18-21H2,1-2H3,(H,32,36)/t27-/m1/s1. The number of benzene rings is 3. The number of carbonyl (C=O) groups is 2. The summed E-state index contributed by atoms with van der Waals surface area (Å²) in [5.74, 6) is -0.768. The van der Waals surface area contributed by atoms with Crippen molar-refractivity contribution in [3.8, 4) is 0 Å². The minimum atomic E-state index is -3.79. The number of nitrogens with zero attached hydrogens (tertiary/aromatic N) is 2. The Morgan fingerprint density at radius 3 is 2.18 bits per heavy atom. The van der Waals surface area contributed by atoms with Gasteiger partial charge in [0.05, 0.1) is 11.9 Å². The van der Waals surface area contributed by atoms with E-state index in [1.54, 1.807) is 48.5 Å². The highest BCUT2D eigenvalue weighted by atomic mass is 127. The summed E-state index contributed by atoms with van der Waals surface area (Å²) in [5, 5.41) is 3.52. The molecule has 3 rings (SSSR count). The molecule has 7 nitrogen and oxygen atoms in total. The molecule has 0 saturated heterocycles. The number of halogens is 2. The van der Waals surface area contributed by atoms with Gasteiger partial charge in [0.2, 0.25) is 21.8 Å². The zero-order chi connectivity index (χ0) is 28.4. The Bertz CT molecular complexity index is 1340. The lowest BCUT2D eigenvalue weighted by Gasteiger charge is -2.33. The van der Waals surface area contributed by atoms with E-state index in [2.05, 4.69) is 27.9 Å². The summed E-state index contributed by atoms with van der Waals surface area (Å²) in [6, 6.07) is 22.6. The van der Waals surface area contributed by atoms with Crippen molar-refractivity contribution >= 4 is 61.7 Å². The summed E-state index contributed by atoms with van der Waals surface area (Å²) < 4.78 is 27.6. The number of nitrogens with one attached hydrogen (secondary N) is 1. The molecule has 0 aromatic heterocycles. The monoisotopic (exact) mass is 681 g/mol. The van der Waals surface area contributed by atoms with E-state index >= 15 is 0 Å². The normalized spacial score (nSPS) is 12.0. The highest BCUT2D eigenvalue weighted by Crippen LogP contribution is 2.22. The van der Waals surface area contributed by atoms with Crippen LogP contribution in [0, 0.1) is 3.57 Å². The minimum absolute atomic E-state index is 0.110. The second kappa shape index (κ2) is 14.7. The maximum absolute atomic E-state index is 14.0. The number of hydrogen-bond donors (Lipinski definition) is 1. The van der Waals surface area contributed by atoms with Crippen LogP contribution in [0.3, 0.4) is 0 Å². The molecule has 10 heteroatoms. The van der Waals surface area contributed by atoms with E-state index in [1.807, 2.05) is 37.3 Å². The second-order valence-electron chi connectivity index (χ2n) is 9.24. The first kappa shape index (κ1) is 30.9. The highest BCUT2D eigenvalue weighted by Gasteiger charge is 2.32. The highest BCUT2D eigenvalue weighted by molar-refractivity contribution is 14.1. The zero-order valence-corrected chi connectivity index (χ0v) is 25.7. The lowest BCUT2D eigenvalue weighted by Crippen LogP contribution is -2.53. The molecule has 0 heterocycles. The summed E-state index contributed by atoms with van der Waals surface area (Å²) in [5.41, 5.74) is 2.04. The molecule has 1 atom stereocenters. The van der Waals surface area contributed by atoms with Crippen LogP contribution in [0.5, 0.6) is 0 Å². The van der Waals surface area contributed by atoms with E-state index in [0.29, 0.717) is 17.3 Å². The molecule has 3 aromatic carbocycles. The first-order valence-corrected chi connectivity index (χ1v) is 16.0. The third-order valence-corrected chi connectivity index (χ3v) is 8.27. The summed E-state index contributed by atoms with van der Waals surface area (Å²) >= 11 is 8.22. The predicted octanol–water partition coefficient (Wildman–Crippen LogP) is 5.27. The van der Waals surface area contributed by atoms with Gasteiger partial charge in [0.1, 0.15) is 12.6 Å². The van der Waals surface area contributed by atoms with Crippen molar-refractivity contribution in [3.63, 3.8) is 0 Å². The average molecular weight is 682 g/mol. The third-order valence-electron chi connectivity index (χ3n) is 6.16. The number of unbranched alkanes of at least 4 members (excludes halogenated alkanes) is 1. The zero-order valence-electron chi connectivity index (χ0n) is 22.0.